The molecule has 0 fully saturated rings. The second kappa shape index (κ2) is 7.56. The molecule has 0 amide bonds. The first-order valence-electron chi connectivity index (χ1n) is 5.05. The second-order valence-electron chi connectivity index (χ2n) is 3.73. The van der Waals surface area contributed by atoms with E-state index < -0.39 is 0 Å². The summed E-state index contributed by atoms with van der Waals surface area (Å²) in [4.78, 5) is 0. The van der Waals surface area contributed by atoms with Crippen molar-refractivity contribution in [3.8, 4) is 0 Å². The molecule has 0 radical (unpaired) electrons. The molecule has 0 spiro atoms. The van der Waals surface area contributed by atoms with E-state index in [1.54, 1.807) is 0 Å². The topological polar surface area (TPSA) is 32.3 Å². The lowest BCUT2D eigenvalue weighted by atomic mass is 10.00. The molecule has 0 saturated heterocycles. The minimum absolute atomic E-state index is 0.324. The van der Waals surface area contributed by atoms with E-state index in [0.29, 0.717) is 18.6 Å². The summed E-state index contributed by atoms with van der Waals surface area (Å²) in [5.74, 6) is 0.655. The summed E-state index contributed by atoms with van der Waals surface area (Å²) in [7, 11) is 0. The van der Waals surface area contributed by atoms with Gasteiger partial charge >= 0.3 is 0 Å². The van der Waals surface area contributed by atoms with Gasteiger partial charge in [-0.15, -0.1) is 0 Å². The molecule has 12 heavy (non-hydrogen) atoms. The number of hydrogen-bond acceptors (Lipinski definition) is 2. The van der Waals surface area contributed by atoms with E-state index in [1.165, 1.54) is 12.8 Å². The fourth-order valence-corrected chi connectivity index (χ4v) is 1.34. The summed E-state index contributed by atoms with van der Waals surface area (Å²) in [6.07, 6.45) is 3.37. The fraction of sp³-hybridized carbons (Fsp3) is 1.00. The van der Waals surface area contributed by atoms with Crippen molar-refractivity contribution in [2.75, 3.05) is 13.2 Å². The molecule has 2 nitrogen and oxygen atoms in total. The molecule has 0 saturated carbocycles. The van der Waals surface area contributed by atoms with Crippen LogP contribution in [0.15, 0.2) is 0 Å². The van der Waals surface area contributed by atoms with E-state index in [0.717, 1.165) is 13.0 Å². The monoisotopic (exact) mass is 173 g/mol. The van der Waals surface area contributed by atoms with Gasteiger partial charge in [0.15, 0.2) is 0 Å². The first-order chi connectivity index (χ1) is 5.70. The van der Waals surface area contributed by atoms with Gasteiger partial charge in [-0.25, -0.2) is 0 Å². The van der Waals surface area contributed by atoms with E-state index in [1.807, 2.05) is 0 Å². The highest BCUT2D eigenvalue weighted by atomic mass is 16.3. The van der Waals surface area contributed by atoms with Crippen LogP contribution in [0.3, 0.4) is 0 Å². The third-order valence-corrected chi connectivity index (χ3v) is 2.05. The standard InChI is InChI=1S/C10H23NO/c1-4-5-10(6-7-12)8-11-9(2)3/h9-12H,4-8H2,1-3H3. The Hall–Kier alpha value is -0.0800. The molecule has 0 aliphatic carbocycles. The molecule has 0 bridgehead atoms. The van der Waals surface area contributed by atoms with E-state index >= 15 is 0 Å². The first-order valence-corrected chi connectivity index (χ1v) is 5.05. The molecule has 0 aliphatic heterocycles. The van der Waals surface area contributed by atoms with Crippen LogP contribution >= 0.6 is 0 Å². The zero-order chi connectivity index (χ0) is 9.40. The van der Waals surface area contributed by atoms with Crippen molar-refractivity contribution in [2.24, 2.45) is 5.92 Å². The minimum Gasteiger partial charge on any atom is -0.396 e. The van der Waals surface area contributed by atoms with Crippen LogP contribution in [0.2, 0.25) is 0 Å². The Kier molecular flexibility index (Phi) is 7.51. The highest BCUT2D eigenvalue weighted by Gasteiger charge is 2.06. The maximum atomic E-state index is 8.80. The average Bonchev–Trinajstić information content (AvgIpc) is 2.01. The van der Waals surface area contributed by atoms with E-state index in [4.69, 9.17) is 5.11 Å². The molecule has 0 aromatic carbocycles. The van der Waals surface area contributed by atoms with Crippen molar-refractivity contribution >= 4 is 0 Å². The third kappa shape index (κ3) is 6.62. The van der Waals surface area contributed by atoms with Gasteiger partial charge in [0.1, 0.15) is 0 Å². The SMILES string of the molecule is CCCC(CCO)CNC(C)C. The van der Waals surface area contributed by atoms with Crippen molar-refractivity contribution in [3.63, 3.8) is 0 Å². The highest BCUT2D eigenvalue weighted by molar-refractivity contribution is 4.63. The average molecular weight is 173 g/mol. The van der Waals surface area contributed by atoms with Gasteiger partial charge in [0.05, 0.1) is 0 Å². The Balaban J connectivity index is 3.48. The zero-order valence-corrected chi connectivity index (χ0v) is 8.64. The molecule has 1 unspecified atom stereocenters. The lowest BCUT2D eigenvalue weighted by Gasteiger charge is -2.17. The van der Waals surface area contributed by atoms with Gasteiger partial charge in [-0.05, 0) is 25.3 Å². The van der Waals surface area contributed by atoms with Crippen LogP contribution in [-0.4, -0.2) is 24.3 Å². The number of hydrogen-bond donors (Lipinski definition) is 2. The van der Waals surface area contributed by atoms with Crippen molar-refractivity contribution in [2.45, 2.75) is 46.1 Å². The highest BCUT2D eigenvalue weighted by Crippen LogP contribution is 2.09. The Morgan fingerprint density at radius 1 is 1.25 bits per heavy atom. The van der Waals surface area contributed by atoms with Crippen molar-refractivity contribution in [3.05, 3.63) is 0 Å². The predicted octanol–water partition coefficient (Wildman–Crippen LogP) is 1.78. The molecule has 0 heterocycles. The van der Waals surface area contributed by atoms with Crippen molar-refractivity contribution in [1.29, 1.82) is 0 Å². The van der Waals surface area contributed by atoms with E-state index in [9.17, 15) is 0 Å². The van der Waals surface area contributed by atoms with Gasteiger partial charge in [0.25, 0.3) is 0 Å². The van der Waals surface area contributed by atoms with Gasteiger partial charge in [-0.3, -0.25) is 0 Å². The number of aliphatic hydroxyl groups is 1. The van der Waals surface area contributed by atoms with Crippen LogP contribution in [-0.2, 0) is 0 Å². The molecule has 1 atom stereocenters. The Morgan fingerprint density at radius 2 is 1.92 bits per heavy atom. The van der Waals surface area contributed by atoms with E-state index in [2.05, 4.69) is 26.1 Å². The quantitative estimate of drug-likeness (QED) is 0.615. The molecule has 0 rings (SSSR count). The molecule has 0 aliphatic rings. The number of nitrogens with one attached hydrogen (secondary N) is 1. The van der Waals surface area contributed by atoms with Crippen LogP contribution in [0.4, 0.5) is 0 Å². The summed E-state index contributed by atoms with van der Waals surface area (Å²) in [5.41, 5.74) is 0. The summed E-state index contributed by atoms with van der Waals surface area (Å²) in [5, 5.41) is 12.2. The smallest absolute Gasteiger partial charge is 0.0434 e. The molecule has 74 valence electrons. The van der Waals surface area contributed by atoms with Crippen LogP contribution in [0, 0.1) is 5.92 Å². The van der Waals surface area contributed by atoms with Crippen LogP contribution in [0.25, 0.3) is 0 Å². The second-order valence-corrected chi connectivity index (χ2v) is 3.73. The first kappa shape index (κ1) is 11.9. The molecule has 0 aromatic rings. The normalized spacial score (nSPS) is 13.8. The summed E-state index contributed by atoms with van der Waals surface area (Å²) >= 11 is 0. The maximum absolute atomic E-state index is 8.80. The largest absolute Gasteiger partial charge is 0.396 e. The van der Waals surface area contributed by atoms with Crippen molar-refractivity contribution < 1.29 is 5.11 Å². The van der Waals surface area contributed by atoms with Gasteiger partial charge in [0, 0.05) is 12.6 Å². The summed E-state index contributed by atoms with van der Waals surface area (Å²) in [6, 6.07) is 0.558. The lowest BCUT2D eigenvalue weighted by Crippen LogP contribution is -2.29. The number of rotatable bonds is 7. The van der Waals surface area contributed by atoms with Gasteiger partial charge in [-0.1, -0.05) is 27.2 Å². The van der Waals surface area contributed by atoms with Crippen molar-refractivity contribution in [1.82, 2.24) is 5.32 Å². The summed E-state index contributed by atoms with van der Waals surface area (Å²) in [6.45, 7) is 7.88. The molecule has 2 heteroatoms. The van der Waals surface area contributed by atoms with Crippen LogP contribution in [0.5, 0.6) is 0 Å². The number of aliphatic hydroxyl groups excluding tert-OH is 1. The van der Waals surface area contributed by atoms with Gasteiger partial charge in [-0.2, -0.15) is 0 Å². The fourth-order valence-electron chi connectivity index (χ4n) is 1.34. The maximum Gasteiger partial charge on any atom is 0.0434 e. The summed E-state index contributed by atoms with van der Waals surface area (Å²) < 4.78 is 0. The van der Waals surface area contributed by atoms with Crippen LogP contribution in [0.1, 0.15) is 40.0 Å². The van der Waals surface area contributed by atoms with Crippen LogP contribution < -0.4 is 5.32 Å². The third-order valence-electron chi connectivity index (χ3n) is 2.05. The predicted molar refractivity (Wildman–Crippen MR) is 53.2 cm³/mol. The van der Waals surface area contributed by atoms with Gasteiger partial charge in [0.2, 0.25) is 0 Å². The minimum atomic E-state index is 0.324. The Morgan fingerprint density at radius 3 is 2.33 bits per heavy atom. The molecular formula is C10H23NO. The molecule has 0 aromatic heterocycles. The lowest BCUT2D eigenvalue weighted by molar-refractivity contribution is 0.246. The Labute approximate surface area is 76.4 Å². The molecular weight excluding hydrogens is 150 g/mol. The zero-order valence-electron chi connectivity index (χ0n) is 8.64. The Bertz CT molecular complexity index is 87.8. The molecule has 2 N–H and O–H groups in total. The van der Waals surface area contributed by atoms with Gasteiger partial charge < -0.3 is 10.4 Å². The van der Waals surface area contributed by atoms with E-state index in [-0.39, 0.29) is 0 Å².